The highest BCUT2D eigenvalue weighted by Gasteiger charge is 2.27. The van der Waals surface area contributed by atoms with Crippen LogP contribution in [-0.4, -0.2) is 43.1 Å². The van der Waals surface area contributed by atoms with Crippen molar-refractivity contribution in [3.05, 3.63) is 0 Å². The highest BCUT2D eigenvalue weighted by molar-refractivity contribution is 7.87. The van der Waals surface area contributed by atoms with Crippen LogP contribution in [0.4, 0.5) is 0 Å². The molecule has 5 nitrogen and oxygen atoms in total. The van der Waals surface area contributed by atoms with Gasteiger partial charge < -0.3 is 5.11 Å². The minimum atomic E-state index is -3.48. The molecule has 0 spiro atoms. The molecule has 0 heterocycles. The van der Waals surface area contributed by atoms with E-state index in [1.54, 1.807) is 13.8 Å². The Labute approximate surface area is 99.0 Å². The van der Waals surface area contributed by atoms with Crippen molar-refractivity contribution in [3.63, 3.8) is 0 Å². The van der Waals surface area contributed by atoms with Gasteiger partial charge in [0.15, 0.2) is 0 Å². The fourth-order valence-corrected chi connectivity index (χ4v) is 3.40. The summed E-state index contributed by atoms with van der Waals surface area (Å²) in [6.07, 6.45) is 1.49. The number of nitrogens with zero attached hydrogens (tertiary/aromatic N) is 1. The van der Waals surface area contributed by atoms with Crippen molar-refractivity contribution < 1.29 is 13.5 Å². The van der Waals surface area contributed by atoms with Crippen LogP contribution in [0, 0.1) is 0 Å². The number of hydrogen-bond acceptors (Lipinski definition) is 3. The fourth-order valence-electron chi connectivity index (χ4n) is 1.66. The first-order chi connectivity index (χ1) is 7.38. The maximum absolute atomic E-state index is 12.0. The molecule has 0 aliphatic heterocycles. The van der Waals surface area contributed by atoms with Gasteiger partial charge in [-0.25, -0.2) is 0 Å². The summed E-state index contributed by atoms with van der Waals surface area (Å²) in [5, 5.41) is 8.94. The van der Waals surface area contributed by atoms with E-state index < -0.39 is 10.2 Å². The molecule has 6 heteroatoms. The monoisotopic (exact) mass is 252 g/mol. The molecule has 0 saturated carbocycles. The van der Waals surface area contributed by atoms with Crippen molar-refractivity contribution in [2.45, 2.75) is 52.6 Å². The average Bonchev–Trinajstić information content (AvgIpc) is 2.16. The molecule has 0 aromatic rings. The van der Waals surface area contributed by atoms with Gasteiger partial charge in [-0.15, -0.1) is 0 Å². The molecule has 0 atom stereocenters. The second kappa shape index (κ2) is 7.21. The summed E-state index contributed by atoms with van der Waals surface area (Å²) < 4.78 is 27.9. The zero-order valence-corrected chi connectivity index (χ0v) is 11.4. The summed E-state index contributed by atoms with van der Waals surface area (Å²) >= 11 is 0. The van der Waals surface area contributed by atoms with Crippen LogP contribution in [0.25, 0.3) is 0 Å². The zero-order chi connectivity index (χ0) is 12.8. The summed E-state index contributed by atoms with van der Waals surface area (Å²) in [6.45, 7) is 7.44. The number of aliphatic hydroxyl groups is 1. The van der Waals surface area contributed by atoms with E-state index in [1.165, 1.54) is 4.31 Å². The minimum Gasteiger partial charge on any atom is -0.395 e. The molecule has 0 aliphatic rings. The van der Waals surface area contributed by atoms with E-state index in [-0.39, 0.29) is 25.2 Å². The van der Waals surface area contributed by atoms with Crippen LogP contribution >= 0.6 is 0 Å². The highest BCUT2D eigenvalue weighted by atomic mass is 32.2. The van der Waals surface area contributed by atoms with E-state index in [4.69, 9.17) is 5.11 Å². The summed E-state index contributed by atoms with van der Waals surface area (Å²) in [7, 11) is -3.48. The largest absolute Gasteiger partial charge is 0.395 e. The van der Waals surface area contributed by atoms with E-state index in [1.807, 2.05) is 13.8 Å². The van der Waals surface area contributed by atoms with Crippen molar-refractivity contribution in [1.29, 1.82) is 0 Å². The smallest absolute Gasteiger partial charge is 0.280 e. The third-order valence-corrected chi connectivity index (χ3v) is 4.23. The van der Waals surface area contributed by atoms with Crippen LogP contribution in [0.5, 0.6) is 0 Å². The van der Waals surface area contributed by atoms with Gasteiger partial charge in [0, 0.05) is 18.6 Å². The Morgan fingerprint density at radius 3 is 2.06 bits per heavy atom. The van der Waals surface area contributed by atoms with Crippen molar-refractivity contribution in [3.8, 4) is 0 Å². The maximum Gasteiger partial charge on any atom is 0.280 e. The molecule has 0 bridgehead atoms. The molecular formula is C10H24N2O3S. The van der Waals surface area contributed by atoms with E-state index in [9.17, 15) is 8.42 Å². The standard InChI is InChI=1S/C10H24N2O3S/c1-5-10(6-2)12(7-8-13)16(14,15)11-9(3)4/h9-11,13H,5-8H2,1-4H3. The van der Waals surface area contributed by atoms with Gasteiger partial charge in [-0.2, -0.15) is 17.4 Å². The minimum absolute atomic E-state index is 0.0524. The van der Waals surface area contributed by atoms with Gasteiger partial charge in [0.2, 0.25) is 0 Å². The summed E-state index contributed by atoms with van der Waals surface area (Å²) in [6, 6.07) is -0.191. The molecule has 0 fully saturated rings. The first kappa shape index (κ1) is 15.8. The van der Waals surface area contributed by atoms with Gasteiger partial charge in [-0.05, 0) is 26.7 Å². The molecule has 0 rings (SSSR count). The Balaban J connectivity index is 4.88. The van der Waals surface area contributed by atoms with E-state index in [0.29, 0.717) is 0 Å². The molecule has 0 radical (unpaired) electrons. The van der Waals surface area contributed by atoms with Crippen molar-refractivity contribution in [2.75, 3.05) is 13.2 Å². The van der Waals surface area contributed by atoms with Gasteiger partial charge in [0.1, 0.15) is 0 Å². The van der Waals surface area contributed by atoms with Gasteiger partial charge >= 0.3 is 0 Å². The van der Waals surface area contributed by atoms with Crippen LogP contribution in [-0.2, 0) is 10.2 Å². The molecular weight excluding hydrogens is 228 g/mol. The van der Waals surface area contributed by atoms with Crippen LogP contribution in [0.15, 0.2) is 0 Å². The lowest BCUT2D eigenvalue weighted by molar-refractivity contribution is 0.217. The molecule has 0 aromatic heterocycles. The van der Waals surface area contributed by atoms with E-state index in [0.717, 1.165) is 12.8 Å². The second-order valence-electron chi connectivity index (χ2n) is 4.08. The van der Waals surface area contributed by atoms with Gasteiger partial charge in [0.25, 0.3) is 10.2 Å². The van der Waals surface area contributed by atoms with Gasteiger partial charge in [-0.3, -0.25) is 0 Å². The van der Waals surface area contributed by atoms with Crippen LogP contribution in [0.3, 0.4) is 0 Å². The summed E-state index contributed by atoms with van der Waals surface area (Å²) in [4.78, 5) is 0. The first-order valence-electron chi connectivity index (χ1n) is 5.78. The summed E-state index contributed by atoms with van der Waals surface area (Å²) in [5.74, 6) is 0. The lowest BCUT2D eigenvalue weighted by Gasteiger charge is -2.29. The Morgan fingerprint density at radius 1 is 1.25 bits per heavy atom. The first-order valence-corrected chi connectivity index (χ1v) is 7.22. The predicted octanol–water partition coefficient (Wildman–Crippen LogP) is 0.712. The Kier molecular flexibility index (Phi) is 7.14. The lowest BCUT2D eigenvalue weighted by Crippen LogP contribution is -2.49. The molecule has 0 aromatic carbocycles. The third kappa shape index (κ3) is 4.78. The van der Waals surface area contributed by atoms with Crippen molar-refractivity contribution >= 4 is 10.2 Å². The van der Waals surface area contributed by atoms with Gasteiger partial charge in [0.05, 0.1) is 6.61 Å². The highest BCUT2D eigenvalue weighted by Crippen LogP contribution is 2.12. The summed E-state index contributed by atoms with van der Waals surface area (Å²) in [5.41, 5.74) is 0. The normalized spacial score (nSPS) is 13.0. The molecule has 2 N–H and O–H groups in total. The van der Waals surface area contributed by atoms with E-state index in [2.05, 4.69) is 4.72 Å². The molecule has 0 amide bonds. The van der Waals surface area contributed by atoms with E-state index >= 15 is 0 Å². The van der Waals surface area contributed by atoms with Crippen molar-refractivity contribution in [1.82, 2.24) is 9.03 Å². The topological polar surface area (TPSA) is 69.6 Å². The van der Waals surface area contributed by atoms with Crippen LogP contribution < -0.4 is 4.72 Å². The molecule has 98 valence electrons. The Hall–Kier alpha value is -0.170. The number of hydrogen-bond donors (Lipinski definition) is 2. The number of aliphatic hydroxyl groups excluding tert-OH is 1. The molecule has 0 unspecified atom stereocenters. The van der Waals surface area contributed by atoms with Crippen LogP contribution in [0.1, 0.15) is 40.5 Å². The molecule has 0 saturated heterocycles. The molecule has 0 aliphatic carbocycles. The predicted molar refractivity (Wildman–Crippen MR) is 65.4 cm³/mol. The Morgan fingerprint density at radius 2 is 1.75 bits per heavy atom. The van der Waals surface area contributed by atoms with Crippen molar-refractivity contribution in [2.24, 2.45) is 0 Å². The SMILES string of the molecule is CCC(CC)N(CCO)S(=O)(=O)NC(C)C. The zero-order valence-electron chi connectivity index (χ0n) is 10.6. The Bertz CT molecular complexity index is 274. The average molecular weight is 252 g/mol. The van der Waals surface area contributed by atoms with Crippen LogP contribution in [0.2, 0.25) is 0 Å². The fraction of sp³-hybridized carbons (Fsp3) is 1.00. The lowest BCUT2D eigenvalue weighted by atomic mass is 10.2. The molecule has 16 heavy (non-hydrogen) atoms. The van der Waals surface area contributed by atoms with Gasteiger partial charge in [-0.1, -0.05) is 13.8 Å². The third-order valence-electron chi connectivity index (χ3n) is 2.36. The second-order valence-corrected chi connectivity index (χ2v) is 5.74. The maximum atomic E-state index is 12.0. The number of rotatable bonds is 8. The number of nitrogens with one attached hydrogen (secondary N) is 1. The quantitative estimate of drug-likeness (QED) is 0.668.